The van der Waals surface area contributed by atoms with Crippen LogP contribution in [0, 0.1) is 5.82 Å². The maximum Gasteiger partial charge on any atom is 0.123 e. The van der Waals surface area contributed by atoms with Crippen molar-refractivity contribution in [1.82, 2.24) is 10.6 Å². The third kappa shape index (κ3) is 5.80. The summed E-state index contributed by atoms with van der Waals surface area (Å²) < 4.78 is 13.0. The van der Waals surface area contributed by atoms with Gasteiger partial charge in [0.25, 0.3) is 0 Å². The SMILES string of the molecule is C[C@H](NCCNC(C)(C)C)c1cccc(F)c1. The third-order valence-electron chi connectivity index (χ3n) is 2.58. The Morgan fingerprint density at radius 3 is 2.53 bits per heavy atom. The lowest BCUT2D eigenvalue weighted by Gasteiger charge is -2.22. The first-order valence-corrected chi connectivity index (χ1v) is 6.12. The van der Waals surface area contributed by atoms with E-state index in [-0.39, 0.29) is 17.4 Å². The second-order valence-corrected chi connectivity index (χ2v) is 5.41. The van der Waals surface area contributed by atoms with Gasteiger partial charge in [-0.25, -0.2) is 4.39 Å². The van der Waals surface area contributed by atoms with Crippen LogP contribution in [0.1, 0.15) is 39.3 Å². The van der Waals surface area contributed by atoms with E-state index in [1.165, 1.54) is 6.07 Å². The van der Waals surface area contributed by atoms with E-state index in [1.54, 1.807) is 12.1 Å². The van der Waals surface area contributed by atoms with E-state index < -0.39 is 0 Å². The number of benzene rings is 1. The maximum atomic E-state index is 13.0. The summed E-state index contributed by atoms with van der Waals surface area (Å²) in [6.07, 6.45) is 0. The van der Waals surface area contributed by atoms with E-state index in [9.17, 15) is 4.39 Å². The van der Waals surface area contributed by atoms with Crippen LogP contribution in [0.15, 0.2) is 24.3 Å². The lowest BCUT2D eigenvalue weighted by Crippen LogP contribution is -2.40. The summed E-state index contributed by atoms with van der Waals surface area (Å²) in [6, 6.07) is 6.91. The molecule has 96 valence electrons. The predicted octanol–water partition coefficient (Wildman–Crippen LogP) is 2.86. The number of halogens is 1. The first kappa shape index (κ1) is 14.1. The average molecular weight is 238 g/mol. The molecule has 1 aromatic rings. The van der Waals surface area contributed by atoms with Crippen LogP contribution < -0.4 is 10.6 Å². The average Bonchev–Trinajstić information content (AvgIpc) is 2.23. The molecule has 0 aliphatic heterocycles. The van der Waals surface area contributed by atoms with Crippen LogP contribution in [-0.2, 0) is 0 Å². The summed E-state index contributed by atoms with van der Waals surface area (Å²) in [6.45, 7) is 10.2. The molecule has 0 heterocycles. The normalized spacial score (nSPS) is 13.7. The molecule has 0 unspecified atom stereocenters. The Morgan fingerprint density at radius 2 is 1.94 bits per heavy atom. The van der Waals surface area contributed by atoms with Crippen LogP contribution in [0.25, 0.3) is 0 Å². The van der Waals surface area contributed by atoms with Crippen molar-refractivity contribution in [3.05, 3.63) is 35.6 Å². The minimum absolute atomic E-state index is 0.143. The molecule has 2 nitrogen and oxygen atoms in total. The van der Waals surface area contributed by atoms with Crippen LogP contribution >= 0.6 is 0 Å². The lowest BCUT2D eigenvalue weighted by molar-refractivity contribution is 0.414. The van der Waals surface area contributed by atoms with Gasteiger partial charge in [-0.1, -0.05) is 12.1 Å². The summed E-state index contributed by atoms with van der Waals surface area (Å²) in [5.41, 5.74) is 1.13. The second-order valence-electron chi connectivity index (χ2n) is 5.41. The summed E-state index contributed by atoms with van der Waals surface area (Å²) in [4.78, 5) is 0. The van der Waals surface area contributed by atoms with Crippen molar-refractivity contribution >= 4 is 0 Å². The molecule has 0 aromatic heterocycles. The van der Waals surface area contributed by atoms with Crippen molar-refractivity contribution < 1.29 is 4.39 Å². The lowest BCUT2D eigenvalue weighted by atomic mass is 10.1. The Kier molecular flexibility index (Phi) is 5.09. The molecule has 3 heteroatoms. The van der Waals surface area contributed by atoms with Gasteiger partial charge >= 0.3 is 0 Å². The fraction of sp³-hybridized carbons (Fsp3) is 0.571. The zero-order chi connectivity index (χ0) is 12.9. The molecular formula is C14H23FN2. The van der Waals surface area contributed by atoms with Gasteiger partial charge in [-0.3, -0.25) is 0 Å². The number of hydrogen-bond acceptors (Lipinski definition) is 2. The third-order valence-corrected chi connectivity index (χ3v) is 2.58. The van der Waals surface area contributed by atoms with Crippen LogP contribution in [0.2, 0.25) is 0 Å². The molecule has 0 saturated heterocycles. The van der Waals surface area contributed by atoms with Crippen molar-refractivity contribution in [1.29, 1.82) is 0 Å². The van der Waals surface area contributed by atoms with Crippen molar-refractivity contribution in [2.45, 2.75) is 39.3 Å². The van der Waals surface area contributed by atoms with Crippen LogP contribution in [0.4, 0.5) is 4.39 Å². The molecule has 0 radical (unpaired) electrons. The van der Waals surface area contributed by atoms with E-state index in [4.69, 9.17) is 0 Å². The standard InChI is InChI=1S/C14H23FN2/c1-11(12-6-5-7-13(15)10-12)16-8-9-17-14(2,3)4/h5-7,10-11,16-17H,8-9H2,1-4H3/t11-/m0/s1. The van der Waals surface area contributed by atoms with Gasteiger partial charge in [-0.2, -0.15) is 0 Å². The first-order chi connectivity index (χ1) is 7.88. The van der Waals surface area contributed by atoms with Crippen molar-refractivity contribution in [3.8, 4) is 0 Å². The largest absolute Gasteiger partial charge is 0.311 e. The number of rotatable bonds is 5. The summed E-state index contributed by atoms with van der Waals surface area (Å²) in [5, 5.41) is 6.77. The summed E-state index contributed by atoms with van der Waals surface area (Å²) >= 11 is 0. The quantitative estimate of drug-likeness (QED) is 0.771. The Bertz CT molecular complexity index is 344. The maximum absolute atomic E-state index is 13.0. The van der Waals surface area contributed by atoms with Gasteiger partial charge in [0.15, 0.2) is 0 Å². The zero-order valence-corrected chi connectivity index (χ0v) is 11.2. The van der Waals surface area contributed by atoms with E-state index >= 15 is 0 Å². The second kappa shape index (κ2) is 6.12. The van der Waals surface area contributed by atoms with Crippen molar-refractivity contribution in [2.24, 2.45) is 0 Å². The molecule has 17 heavy (non-hydrogen) atoms. The van der Waals surface area contributed by atoms with Gasteiger partial charge in [-0.15, -0.1) is 0 Å². The molecule has 1 rings (SSSR count). The number of hydrogen-bond donors (Lipinski definition) is 2. The highest BCUT2D eigenvalue weighted by molar-refractivity contribution is 5.19. The molecule has 1 atom stereocenters. The molecule has 0 spiro atoms. The molecule has 0 aliphatic rings. The molecular weight excluding hydrogens is 215 g/mol. The van der Waals surface area contributed by atoms with Gasteiger partial charge in [0, 0.05) is 24.7 Å². The fourth-order valence-corrected chi connectivity index (χ4v) is 1.62. The molecule has 0 fully saturated rings. The molecule has 1 aromatic carbocycles. The van der Waals surface area contributed by atoms with Gasteiger partial charge in [0.2, 0.25) is 0 Å². The molecule has 0 saturated carbocycles. The van der Waals surface area contributed by atoms with Gasteiger partial charge < -0.3 is 10.6 Å². The van der Waals surface area contributed by atoms with Crippen LogP contribution in [-0.4, -0.2) is 18.6 Å². The van der Waals surface area contributed by atoms with Crippen molar-refractivity contribution in [2.75, 3.05) is 13.1 Å². The Morgan fingerprint density at radius 1 is 1.24 bits per heavy atom. The van der Waals surface area contributed by atoms with E-state index in [0.29, 0.717) is 0 Å². The summed E-state index contributed by atoms with van der Waals surface area (Å²) in [7, 11) is 0. The van der Waals surface area contributed by atoms with Gasteiger partial charge in [0.1, 0.15) is 5.82 Å². The fourth-order valence-electron chi connectivity index (χ4n) is 1.62. The molecule has 0 bridgehead atoms. The monoisotopic (exact) mass is 238 g/mol. The Labute approximate surface area is 104 Å². The topological polar surface area (TPSA) is 24.1 Å². The van der Waals surface area contributed by atoms with E-state index in [1.807, 2.05) is 13.0 Å². The van der Waals surface area contributed by atoms with Gasteiger partial charge in [0.05, 0.1) is 0 Å². The highest BCUT2D eigenvalue weighted by Gasteiger charge is 2.08. The van der Waals surface area contributed by atoms with Crippen LogP contribution in [0.3, 0.4) is 0 Å². The van der Waals surface area contributed by atoms with Crippen molar-refractivity contribution in [3.63, 3.8) is 0 Å². The Balaban J connectivity index is 2.33. The summed E-state index contributed by atoms with van der Waals surface area (Å²) in [5.74, 6) is -0.177. The minimum Gasteiger partial charge on any atom is -0.311 e. The first-order valence-electron chi connectivity index (χ1n) is 6.12. The van der Waals surface area contributed by atoms with E-state index in [0.717, 1.165) is 18.7 Å². The molecule has 2 N–H and O–H groups in total. The molecule has 0 amide bonds. The van der Waals surface area contributed by atoms with Crippen LogP contribution in [0.5, 0.6) is 0 Å². The minimum atomic E-state index is -0.177. The smallest absolute Gasteiger partial charge is 0.123 e. The highest BCUT2D eigenvalue weighted by Crippen LogP contribution is 2.12. The molecule has 0 aliphatic carbocycles. The Hall–Kier alpha value is -0.930. The van der Waals surface area contributed by atoms with E-state index in [2.05, 4.69) is 31.4 Å². The van der Waals surface area contributed by atoms with Gasteiger partial charge in [-0.05, 0) is 45.4 Å². The number of nitrogens with one attached hydrogen (secondary N) is 2. The zero-order valence-electron chi connectivity index (χ0n) is 11.2. The highest BCUT2D eigenvalue weighted by atomic mass is 19.1. The predicted molar refractivity (Wildman–Crippen MR) is 70.6 cm³/mol.